The van der Waals surface area contributed by atoms with Crippen LogP contribution in [0.5, 0.6) is 0 Å². The Morgan fingerprint density at radius 1 is 1.21 bits per heavy atom. The fourth-order valence-corrected chi connectivity index (χ4v) is 3.01. The topological polar surface area (TPSA) is 92.2 Å². The van der Waals surface area contributed by atoms with Gasteiger partial charge in [-0.25, -0.2) is 14.8 Å². The molecule has 1 aromatic carbocycles. The van der Waals surface area contributed by atoms with Crippen LogP contribution in [0.15, 0.2) is 29.4 Å². The minimum absolute atomic E-state index is 0.0627. The van der Waals surface area contributed by atoms with Crippen LogP contribution >= 0.6 is 23.4 Å². The number of carbonyl (C=O) groups excluding carboxylic acids is 1. The van der Waals surface area contributed by atoms with Gasteiger partial charge in [0.05, 0.1) is 16.3 Å². The lowest BCUT2D eigenvalue weighted by Gasteiger charge is -2.08. The molecule has 126 valence electrons. The van der Waals surface area contributed by atoms with Crippen molar-refractivity contribution in [2.24, 2.45) is 0 Å². The quantitative estimate of drug-likeness (QED) is 0.600. The number of halogens is 1. The van der Waals surface area contributed by atoms with Crippen molar-refractivity contribution < 1.29 is 14.7 Å². The molecule has 0 aliphatic heterocycles. The number of hydrogen-bond acceptors (Lipinski definition) is 5. The third-order valence-corrected chi connectivity index (χ3v) is 4.19. The lowest BCUT2D eigenvalue weighted by Crippen LogP contribution is -2.13. The van der Waals surface area contributed by atoms with E-state index >= 15 is 0 Å². The normalized spacial score (nSPS) is 10.5. The number of hydrogen-bond donors (Lipinski definition) is 2. The number of carboxylic acids is 1. The van der Waals surface area contributed by atoms with Gasteiger partial charge < -0.3 is 10.4 Å². The maximum Gasteiger partial charge on any atom is 0.335 e. The van der Waals surface area contributed by atoms with Gasteiger partial charge in [0, 0.05) is 23.6 Å². The molecule has 2 rings (SSSR count). The number of carbonyl (C=O) groups is 2. The van der Waals surface area contributed by atoms with Gasteiger partial charge in [0.1, 0.15) is 0 Å². The van der Waals surface area contributed by atoms with Crippen LogP contribution in [0.25, 0.3) is 0 Å². The Morgan fingerprint density at radius 3 is 2.50 bits per heavy atom. The highest BCUT2D eigenvalue weighted by atomic mass is 35.5. The summed E-state index contributed by atoms with van der Waals surface area (Å²) in [5, 5.41) is 12.5. The zero-order valence-electron chi connectivity index (χ0n) is 13.2. The fraction of sp³-hybridized carbons (Fsp3) is 0.250. The molecule has 0 aliphatic carbocycles. The van der Waals surface area contributed by atoms with E-state index in [1.54, 1.807) is 0 Å². The second-order valence-electron chi connectivity index (χ2n) is 5.08. The molecular weight excluding hydrogens is 350 g/mol. The van der Waals surface area contributed by atoms with Gasteiger partial charge in [0.2, 0.25) is 5.91 Å². The van der Waals surface area contributed by atoms with Crippen LogP contribution in [0, 0.1) is 13.8 Å². The monoisotopic (exact) mass is 365 g/mol. The van der Waals surface area contributed by atoms with Gasteiger partial charge in [0.25, 0.3) is 0 Å². The first-order valence-electron chi connectivity index (χ1n) is 7.13. The summed E-state index contributed by atoms with van der Waals surface area (Å²) in [5.41, 5.74) is 2.11. The number of rotatable bonds is 6. The van der Waals surface area contributed by atoms with Crippen LogP contribution in [-0.2, 0) is 4.79 Å². The highest BCUT2D eigenvalue weighted by molar-refractivity contribution is 7.99. The van der Waals surface area contributed by atoms with Crippen LogP contribution in [0.1, 0.15) is 28.2 Å². The van der Waals surface area contributed by atoms with Crippen LogP contribution < -0.4 is 5.32 Å². The molecule has 24 heavy (non-hydrogen) atoms. The summed E-state index contributed by atoms with van der Waals surface area (Å²) in [6.45, 7) is 3.78. The van der Waals surface area contributed by atoms with Crippen LogP contribution in [0.2, 0.25) is 5.02 Å². The third-order valence-electron chi connectivity index (χ3n) is 3.01. The highest BCUT2D eigenvalue weighted by Crippen LogP contribution is 2.23. The van der Waals surface area contributed by atoms with Crippen molar-refractivity contribution in [3.05, 3.63) is 46.2 Å². The molecular formula is C16H16ClN3O3S. The summed E-state index contributed by atoms with van der Waals surface area (Å²) >= 11 is 7.37. The molecule has 1 amide bonds. The van der Waals surface area contributed by atoms with Crippen molar-refractivity contribution in [3.63, 3.8) is 0 Å². The number of aromatic carboxylic acids is 1. The van der Waals surface area contributed by atoms with E-state index in [1.807, 2.05) is 19.9 Å². The molecule has 1 aromatic heterocycles. The molecule has 0 saturated carbocycles. The number of benzene rings is 1. The van der Waals surface area contributed by atoms with Gasteiger partial charge >= 0.3 is 5.97 Å². The minimum Gasteiger partial charge on any atom is -0.478 e. The average molecular weight is 366 g/mol. The van der Waals surface area contributed by atoms with Crippen LogP contribution in [0.3, 0.4) is 0 Å². The van der Waals surface area contributed by atoms with Crippen LogP contribution in [0.4, 0.5) is 5.69 Å². The number of thioether (sulfide) groups is 1. The van der Waals surface area contributed by atoms with Crippen molar-refractivity contribution in [3.8, 4) is 0 Å². The Morgan fingerprint density at radius 2 is 1.88 bits per heavy atom. The summed E-state index contributed by atoms with van der Waals surface area (Å²) in [5.74, 6) is -0.827. The van der Waals surface area contributed by atoms with Gasteiger partial charge in [-0.1, -0.05) is 23.4 Å². The van der Waals surface area contributed by atoms with Gasteiger partial charge in [-0.05, 0) is 38.1 Å². The van der Waals surface area contributed by atoms with E-state index in [-0.39, 0.29) is 23.6 Å². The van der Waals surface area contributed by atoms with Crippen LogP contribution in [-0.4, -0.2) is 32.7 Å². The molecule has 2 aromatic rings. The molecule has 2 N–H and O–H groups in total. The largest absolute Gasteiger partial charge is 0.478 e. The standard InChI is InChI=1S/C16H16ClN3O3S/c1-9-7-10(2)19-16(18-9)24-6-5-14(21)20-13-8-11(15(22)23)3-4-12(13)17/h3-4,7-8H,5-6H2,1-2H3,(H,20,21)(H,22,23). The number of carboxylic acid groups (broad SMARTS) is 1. The molecule has 0 radical (unpaired) electrons. The highest BCUT2D eigenvalue weighted by Gasteiger charge is 2.10. The minimum atomic E-state index is -1.08. The van der Waals surface area contributed by atoms with Crippen molar-refractivity contribution in [1.82, 2.24) is 9.97 Å². The predicted octanol–water partition coefficient (Wildman–Crippen LogP) is 3.57. The van der Waals surface area contributed by atoms with Crippen molar-refractivity contribution in [1.29, 1.82) is 0 Å². The number of aryl methyl sites for hydroxylation is 2. The Labute approximate surface area is 148 Å². The van der Waals surface area contributed by atoms with Gasteiger partial charge in [-0.3, -0.25) is 4.79 Å². The van der Waals surface area contributed by atoms with E-state index in [4.69, 9.17) is 16.7 Å². The smallest absolute Gasteiger partial charge is 0.335 e. The van der Waals surface area contributed by atoms with Gasteiger partial charge in [-0.2, -0.15) is 0 Å². The zero-order chi connectivity index (χ0) is 17.7. The Kier molecular flexibility index (Phi) is 6.16. The number of anilines is 1. The summed E-state index contributed by atoms with van der Waals surface area (Å²) in [7, 11) is 0. The maximum absolute atomic E-state index is 12.0. The molecule has 1 heterocycles. The second kappa shape index (κ2) is 8.12. The van der Waals surface area contributed by atoms with Crippen molar-refractivity contribution in [2.45, 2.75) is 25.4 Å². The zero-order valence-corrected chi connectivity index (χ0v) is 14.7. The molecule has 0 fully saturated rings. The molecule has 0 bridgehead atoms. The van der Waals surface area contributed by atoms with E-state index in [2.05, 4.69) is 15.3 Å². The second-order valence-corrected chi connectivity index (χ2v) is 6.55. The third kappa shape index (κ3) is 5.21. The molecule has 8 heteroatoms. The van der Waals surface area contributed by atoms with E-state index in [1.165, 1.54) is 30.0 Å². The lowest BCUT2D eigenvalue weighted by molar-refractivity contribution is -0.115. The van der Waals surface area contributed by atoms with E-state index in [0.29, 0.717) is 15.9 Å². The molecule has 6 nitrogen and oxygen atoms in total. The van der Waals surface area contributed by atoms with E-state index < -0.39 is 5.97 Å². The Balaban J connectivity index is 1.91. The van der Waals surface area contributed by atoms with E-state index in [9.17, 15) is 9.59 Å². The van der Waals surface area contributed by atoms with Crippen molar-refractivity contribution >= 4 is 40.9 Å². The number of nitrogens with one attached hydrogen (secondary N) is 1. The predicted molar refractivity (Wildman–Crippen MR) is 93.9 cm³/mol. The first-order chi connectivity index (χ1) is 11.3. The summed E-state index contributed by atoms with van der Waals surface area (Å²) in [6, 6.07) is 6.04. The molecule has 0 atom stereocenters. The van der Waals surface area contributed by atoms with Crippen molar-refractivity contribution in [2.75, 3.05) is 11.1 Å². The lowest BCUT2D eigenvalue weighted by atomic mass is 10.2. The molecule has 0 spiro atoms. The fourth-order valence-electron chi connectivity index (χ4n) is 1.96. The molecule has 0 saturated heterocycles. The summed E-state index contributed by atoms with van der Waals surface area (Å²) in [4.78, 5) is 31.5. The Hall–Kier alpha value is -2.12. The number of amides is 1. The Bertz CT molecular complexity index is 763. The average Bonchev–Trinajstić information content (AvgIpc) is 2.48. The number of nitrogens with zero attached hydrogens (tertiary/aromatic N) is 2. The summed E-state index contributed by atoms with van der Waals surface area (Å²) in [6.07, 6.45) is 0.231. The molecule has 0 unspecified atom stereocenters. The van der Waals surface area contributed by atoms with Gasteiger partial charge in [0.15, 0.2) is 5.16 Å². The van der Waals surface area contributed by atoms with Gasteiger partial charge in [-0.15, -0.1) is 0 Å². The number of aromatic nitrogens is 2. The summed E-state index contributed by atoms with van der Waals surface area (Å²) < 4.78 is 0. The maximum atomic E-state index is 12.0. The molecule has 0 aliphatic rings. The van der Waals surface area contributed by atoms with E-state index in [0.717, 1.165) is 11.4 Å². The SMILES string of the molecule is Cc1cc(C)nc(SCCC(=O)Nc2cc(C(=O)O)ccc2Cl)n1. The first kappa shape index (κ1) is 18.2. The first-order valence-corrected chi connectivity index (χ1v) is 8.49.